The van der Waals surface area contributed by atoms with Gasteiger partial charge in [-0.25, -0.2) is 14.6 Å². The molecule has 0 unspecified atom stereocenters. The number of phenolic OH excluding ortho intramolecular Hbond substituents is 3. The predicted octanol–water partition coefficient (Wildman–Crippen LogP) is 10.9. The number of benzene rings is 4. The van der Waals surface area contributed by atoms with Crippen LogP contribution in [0.15, 0.2) is 60.7 Å². The molecule has 5 N–H and O–H groups in total. The first-order chi connectivity index (χ1) is 29.1. The highest BCUT2D eigenvalue weighted by Crippen LogP contribution is 2.43. The van der Waals surface area contributed by atoms with E-state index in [0.29, 0.717) is 39.1 Å². The second-order valence-corrected chi connectivity index (χ2v) is 21.1. The normalized spacial score (nSPS) is 13.4. The van der Waals surface area contributed by atoms with Crippen molar-refractivity contribution in [2.45, 2.75) is 130 Å². The van der Waals surface area contributed by atoms with Crippen molar-refractivity contribution in [3.05, 3.63) is 139 Å². The lowest BCUT2D eigenvalue weighted by atomic mass is 9.79. The van der Waals surface area contributed by atoms with Crippen molar-refractivity contribution in [1.29, 1.82) is 0 Å². The smallest absolute Gasteiger partial charge is 0.354 e. The Balaban J connectivity index is 1.60. The highest BCUT2D eigenvalue weighted by atomic mass is 16.5. The number of aromatic nitrogens is 1. The molecule has 1 aliphatic rings. The van der Waals surface area contributed by atoms with Gasteiger partial charge in [0, 0.05) is 37.8 Å². The minimum absolute atomic E-state index is 0.00937. The van der Waals surface area contributed by atoms with Gasteiger partial charge in [0.25, 0.3) is 0 Å². The number of pyridine rings is 1. The standard InChI is InChI=1S/C53H63NO9/c1-50(2,3)37-19-29-15-31-21-38(51(4,5)6)23-33(45(31)56)17-35-25-40(53(10,11)12)26-36(47(35)63-14-13-62-41-27-42(48(58)59)54-43(28-41)49(60)61)18-34-24-39(52(7,8)9)22-32(46(34)57)16-30(20-37)44(29)55/h19-28,55-57H,13-18H2,1-12H3,(H,58,59)(H,60,61). The zero-order valence-electron chi connectivity index (χ0n) is 38.8. The number of carboxylic acid groups (broad SMARTS) is 2. The molecule has 8 bridgehead atoms. The molecule has 0 aliphatic heterocycles. The monoisotopic (exact) mass is 857 g/mol. The number of carboxylic acids is 2. The van der Waals surface area contributed by atoms with Crippen LogP contribution in [0, 0.1) is 0 Å². The van der Waals surface area contributed by atoms with E-state index in [4.69, 9.17) is 9.47 Å². The molecule has 1 aliphatic carbocycles. The maximum absolute atomic E-state index is 12.3. The van der Waals surface area contributed by atoms with Gasteiger partial charge < -0.3 is 35.0 Å². The minimum atomic E-state index is -1.39. The average Bonchev–Trinajstić information content (AvgIpc) is 3.16. The Morgan fingerprint density at radius 1 is 0.444 bits per heavy atom. The molecule has 5 aromatic rings. The number of fused-ring (bicyclic) bond motifs is 8. The maximum Gasteiger partial charge on any atom is 0.354 e. The first-order valence-corrected chi connectivity index (χ1v) is 21.6. The summed E-state index contributed by atoms with van der Waals surface area (Å²) in [6.07, 6.45) is 1.09. The van der Waals surface area contributed by atoms with E-state index >= 15 is 0 Å². The van der Waals surface area contributed by atoms with Crippen LogP contribution in [0.1, 0.15) is 171 Å². The topological polar surface area (TPSA) is 167 Å². The van der Waals surface area contributed by atoms with E-state index in [1.807, 2.05) is 36.4 Å². The van der Waals surface area contributed by atoms with Crippen LogP contribution in [0.3, 0.4) is 0 Å². The Morgan fingerprint density at radius 2 is 0.698 bits per heavy atom. The summed E-state index contributed by atoms with van der Waals surface area (Å²) >= 11 is 0. The SMILES string of the molecule is CC(C)(C)c1cc2c(O)c(c1)Cc1cc(C(C)(C)C)cc(c1O)Cc1cc(C(C)(C)C)cc(c1OCCOc1cc(C(=O)O)nc(C(=O)O)c1)Cc1cc(C(C)(C)C)cc(c1O)C2. The molecule has 0 amide bonds. The molecule has 0 spiro atoms. The van der Waals surface area contributed by atoms with Crippen molar-refractivity contribution in [3.8, 4) is 28.7 Å². The van der Waals surface area contributed by atoms with Crippen molar-refractivity contribution in [1.82, 2.24) is 4.98 Å². The van der Waals surface area contributed by atoms with Crippen molar-refractivity contribution in [2.24, 2.45) is 0 Å². The molecule has 0 saturated heterocycles. The quantitative estimate of drug-likeness (QED) is 0.0975. The highest BCUT2D eigenvalue weighted by Gasteiger charge is 2.28. The average molecular weight is 858 g/mol. The number of nitrogens with zero attached hydrogens (tertiary/aromatic N) is 1. The van der Waals surface area contributed by atoms with Crippen molar-refractivity contribution in [3.63, 3.8) is 0 Å². The number of hydrogen-bond donors (Lipinski definition) is 5. The molecule has 1 aromatic heterocycles. The summed E-state index contributed by atoms with van der Waals surface area (Å²) < 4.78 is 12.6. The van der Waals surface area contributed by atoms with E-state index in [9.17, 15) is 35.1 Å². The van der Waals surface area contributed by atoms with E-state index in [1.165, 1.54) is 12.1 Å². The number of phenols is 3. The number of hydrogen-bond acceptors (Lipinski definition) is 8. The molecule has 63 heavy (non-hydrogen) atoms. The van der Waals surface area contributed by atoms with Gasteiger partial charge in [0.15, 0.2) is 11.4 Å². The molecule has 0 saturated carbocycles. The number of aromatic hydroxyl groups is 3. The van der Waals surface area contributed by atoms with Crippen LogP contribution < -0.4 is 9.47 Å². The Morgan fingerprint density at radius 3 is 0.968 bits per heavy atom. The van der Waals surface area contributed by atoms with Crippen LogP contribution in [0.5, 0.6) is 28.7 Å². The van der Waals surface area contributed by atoms with E-state index in [1.54, 1.807) is 0 Å². The van der Waals surface area contributed by atoms with Gasteiger partial charge in [-0.3, -0.25) is 0 Å². The van der Waals surface area contributed by atoms with Gasteiger partial charge in [-0.15, -0.1) is 0 Å². The maximum atomic E-state index is 12.3. The number of ether oxygens (including phenoxy) is 2. The third-order valence-corrected chi connectivity index (χ3v) is 11.9. The van der Waals surface area contributed by atoms with Gasteiger partial charge in [0.05, 0.1) is 0 Å². The van der Waals surface area contributed by atoms with E-state index in [0.717, 1.165) is 33.4 Å². The molecule has 334 valence electrons. The van der Waals surface area contributed by atoms with Crippen molar-refractivity contribution >= 4 is 11.9 Å². The second kappa shape index (κ2) is 16.9. The summed E-state index contributed by atoms with van der Waals surface area (Å²) in [5.74, 6) is -1.80. The number of rotatable bonds is 7. The van der Waals surface area contributed by atoms with Crippen LogP contribution in [0.25, 0.3) is 0 Å². The van der Waals surface area contributed by atoms with Crippen LogP contribution in [0.2, 0.25) is 0 Å². The molecular formula is C53H63NO9. The molecule has 4 aromatic carbocycles. The van der Waals surface area contributed by atoms with E-state index < -0.39 is 23.3 Å². The van der Waals surface area contributed by atoms with Gasteiger partial charge in [-0.2, -0.15) is 0 Å². The first kappa shape index (κ1) is 46.5. The van der Waals surface area contributed by atoms with Gasteiger partial charge >= 0.3 is 11.9 Å². The third kappa shape index (κ3) is 10.4. The Hall–Kier alpha value is -6.03. The predicted molar refractivity (Wildman–Crippen MR) is 246 cm³/mol. The molecular weight excluding hydrogens is 795 g/mol. The lowest BCUT2D eigenvalue weighted by Crippen LogP contribution is -2.17. The zero-order chi connectivity index (χ0) is 46.6. The minimum Gasteiger partial charge on any atom is -0.507 e. The van der Waals surface area contributed by atoms with Crippen molar-refractivity contribution in [2.75, 3.05) is 13.2 Å². The summed E-state index contributed by atoms with van der Waals surface area (Å²) in [6.45, 7) is 25.6. The summed E-state index contributed by atoms with van der Waals surface area (Å²) in [5, 5.41) is 55.8. The Bertz CT molecular complexity index is 2440. The molecule has 0 radical (unpaired) electrons. The summed E-state index contributed by atoms with van der Waals surface area (Å²) in [4.78, 5) is 27.2. The lowest BCUT2D eigenvalue weighted by molar-refractivity contribution is 0.0683. The second-order valence-electron chi connectivity index (χ2n) is 21.1. The van der Waals surface area contributed by atoms with Crippen molar-refractivity contribution < 1.29 is 44.6 Å². The van der Waals surface area contributed by atoms with E-state index in [-0.39, 0.29) is 83.6 Å². The summed E-state index contributed by atoms with van der Waals surface area (Å²) in [6, 6.07) is 18.8. The molecule has 6 rings (SSSR count). The molecule has 0 fully saturated rings. The number of aromatic carboxylic acids is 2. The van der Waals surface area contributed by atoms with Crippen LogP contribution >= 0.6 is 0 Å². The molecule has 10 heteroatoms. The zero-order valence-corrected chi connectivity index (χ0v) is 38.8. The number of carbonyl (C=O) groups is 2. The largest absolute Gasteiger partial charge is 0.507 e. The van der Waals surface area contributed by atoms with Crippen LogP contribution in [-0.2, 0) is 47.3 Å². The first-order valence-electron chi connectivity index (χ1n) is 21.6. The Kier molecular flexibility index (Phi) is 12.5. The fourth-order valence-corrected chi connectivity index (χ4v) is 7.95. The third-order valence-electron chi connectivity index (χ3n) is 11.9. The fraction of sp³-hybridized carbons (Fsp3) is 0.415. The highest BCUT2D eigenvalue weighted by molar-refractivity contribution is 5.90. The molecule has 1 heterocycles. The van der Waals surface area contributed by atoms with Gasteiger partial charge in [-0.1, -0.05) is 132 Å². The fourth-order valence-electron chi connectivity index (χ4n) is 7.95. The lowest BCUT2D eigenvalue weighted by Gasteiger charge is -2.27. The Labute approximate surface area is 371 Å². The van der Waals surface area contributed by atoms with E-state index in [2.05, 4.69) is 100 Å². The summed E-state index contributed by atoms with van der Waals surface area (Å²) in [5.41, 5.74) is 7.77. The van der Waals surface area contributed by atoms with Gasteiger partial charge in [0.1, 0.15) is 42.0 Å². The molecule has 10 nitrogen and oxygen atoms in total. The summed E-state index contributed by atoms with van der Waals surface area (Å²) in [7, 11) is 0. The van der Waals surface area contributed by atoms with Crippen LogP contribution in [-0.4, -0.2) is 55.7 Å². The van der Waals surface area contributed by atoms with Gasteiger partial charge in [-0.05, 0) is 88.4 Å². The van der Waals surface area contributed by atoms with Crippen LogP contribution in [0.4, 0.5) is 0 Å². The van der Waals surface area contributed by atoms with Gasteiger partial charge in [0.2, 0.25) is 0 Å². The molecule has 0 atom stereocenters.